The van der Waals surface area contributed by atoms with E-state index in [0.29, 0.717) is 10.9 Å². The Bertz CT molecular complexity index is 400. The summed E-state index contributed by atoms with van der Waals surface area (Å²) in [6, 6.07) is 4.30. The molecule has 4 heteroatoms. The van der Waals surface area contributed by atoms with Crippen molar-refractivity contribution in [2.45, 2.75) is 25.9 Å². The minimum absolute atomic E-state index is 0.0561. The monoisotopic (exact) mass is 288 g/mol. The fourth-order valence-corrected chi connectivity index (χ4v) is 1.72. The summed E-state index contributed by atoms with van der Waals surface area (Å²) < 4.78 is 19.4. The molecule has 1 atom stereocenters. The van der Waals surface area contributed by atoms with Crippen molar-refractivity contribution >= 4 is 21.7 Å². The maximum absolute atomic E-state index is 13.5. The Kier molecular flexibility index (Phi) is 4.21. The minimum atomic E-state index is -0.971. The molecule has 1 unspecified atom stereocenters. The molecule has 1 aromatic carbocycles. The lowest BCUT2D eigenvalue weighted by Crippen LogP contribution is -2.37. The highest BCUT2D eigenvalue weighted by Crippen LogP contribution is 2.24. The summed E-state index contributed by atoms with van der Waals surface area (Å²) in [5.41, 5.74) is -0.915. The van der Waals surface area contributed by atoms with Gasteiger partial charge in [0.05, 0.1) is 5.56 Å². The van der Waals surface area contributed by atoms with Gasteiger partial charge < -0.3 is 4.74 Å². The zero-order chi connectivity index (χ0) is 12.3. The van der Waals surface area contributed by atoms with E-state index in [-0.39, 0.29) is 11.3 Å². The first kappa shape index (κ1) is 13.3. The first-order valence-electron chi connectivity index (χ1n) is 4.99. The summed E-state index contributed by atoms with van der Waals surface area (Å²) in [5, 5.41) is 0. The Balaban J connectivity index is 3.18. The van der Waals surface area contributed by atoms with Crippen LogP contribution in [0.4, 0.5) is 4.39 Å². The second-order valence-corrected chi connectivity index (χ2v) is 4.66. The smallest absolute Gasteiger partial charge is 0.197 e. The molecule has 0 heterocycles. The third-order valence-corrected chi connectivity index (χ3v) is 3.27. The maximum atomic E-state index is 13.5. The standard InChI is InChI=1S/C12H14BrFO2/c1-4-12(2,16-3)11(15)9-7-8(13)5-6-10(9)14/h5-7H,4H2,1-3H3. The van der Waals surface area contributed by atoms with E-state index in [1.165, 1.54) is 19.2 Å². The van der Waals surface area contributed by atoms with Gasteiger partial charge in [-0.05, 0) is 31.5 Å². The molecule has 0 spiro atoms. The molecule has 0 fully saturated rings. The van der Waals surface area contributed by atoms with Crippen LogP contribution in [0.2, 0.25) is 0 Å². The number of carbonyl (C=O) groups is 1. The normalized spacial score (nSPS) is 14.6. The molecule has 0 radical (unpaired) electrons. The van der Waals surface area contributed by atoms with Crippen LogP contribution in [0.3, 0.4) is 0 Å². The van der Waals surface area contributed by atoms with E-state index < -0.39 is 11.4 Å². The van der Waals surface area contributed by atoms with Gasteiger partial charge in [-0.2, -0.15) is 0 Å². The Hall–Kier alpha value is -0.740. The fourth-order valence-electron chi connectivity index (χ4n) is 1.35. The lowest BCUT2D eigenvalue weighted by atomic mass is 9.92. The summed E-state index contributed by atoms with van der Waals surface area (Å²) in [4.78, 5) is 12.1. The van der Waals surface area contributed by atoms with Crippen LogP contribution in [0.5, 0.6) is 0 Å². The van der Waals surface area contributed by atoms with Gasteiger partial charge in [0.2, 0.25) is 0 Å². The van der Waals surface area contributed by atoms with Crippen LogP contribution in [0.1, 0.15) is 30.6 Å². The van der Waals surface area contributed by atoms with Crippen LogP contribution < -0.4 is 0 Å². The minimum Gasteiger partial charge on any atom is -0.370 e. The van der Waals surface area contributed by atoms with E-state index in [2.05, 4.69) is 15.9 Å². The summed E-state index contributed by atoms with van der Waals surface area (Å²) in [5.74, 6) is -0.860. The van der Waals surface area contributed by atoms with Crippen LogP contribution in [0, 0.1) is 5.82 Å². The number of Topliss-reactive ketones (excluding diaryl/α,β-unsaturated/α-hetero) is 1. The SMILES string of the molecule is CCC(C)(OC)C(=O)c1cc(Br)ccc1F. The van der Waals surface area contributed by atoms with Gasteiger partial charge in [0.15, 0.2) is 5.78 Å². The Labute approximate surface area is 103 Å². The maximum Gasteiger partial charge on any atom is 0.197 e. The Morgan fingerprint density at radius 3 is 2.69 bits per heavy atom. The molecule has 0 saturated heterocycles. The van der Waals surface area contributed by atoms with Crippen molar-refractivity contribution in [1.82, 2.24) is 0 Å². The summed E-state index contributed by atoms with van der Waals surface area (Å²) in [7, 11) is 1.46. The lowest BCUT2D eigenvalue weighted by Gasteiger charge is -2.25. The summed E-state index contributed by atoms with van der Waals surface area (Å²) in [6.45, 7) is 3.49. The van der Waals surface area contributed by atoms with Crippen molar-refractivity contribution in [2.24, 2.45) is 0 Å². The first-order chi connectivity index (χ1) is 7.44. The van der Waals surface area contributed by atoms with Crippen molar-refractivity contribution in [2.75, 3.05) is 7.11 Å². The Morgan fingerprint density at radius 2 is 2.19 bits per heavy atom. The number of ether oxygens (including phenoxy) is 1. The van der Waals surface area contributed by atoms with Crippen molar-refractivity contribution < 1.29 is 13.9 Å². The average Bonchev–Trinajstić information content (AvgIpc) is 2.30. The summed E-state index contributed by atoms with van der Waals surface area (Å²) in [6.07, 6.45) is 0.494. The third kappa shape index (κ3) is 2.50. The predicted octanol–water partition coefficient (Wildman–Crippen LogP) is 3.59. The molecule has 88 valence electrons. The molecule has 0 N–H and O–H groups in total. The predicted molar refractivity (Wildman–Crippen MR) is 64.1 cm³/mol. The Morgan fingerprint density at radius 1 is 1.56 bits per heavy atom. The molecule has 16 heavy (non-hydrogen) atoms. The molecule has 0 saturated carbocycles. The van der Waals surface area contributed by atoms with Crippen LogP contribution in [0.15, 0.2) is 22.7 Å². The number of hydrogen-bond acceptors (Lipinski definition) is 2. The largest absolute Gasteiger partial charge is 0.370 e. The van der Waals surface area contributed by atoms with Crippen LogP contribution in [-0.4, -0.2) is 18.5 Å². The van der Waals surface area contributed by atoms with E-state index in [0.717, 1.165) is 0 Å². The van der Waals surface area contributed by atoms with E-state index in [1.807, 2.05) is 6.92 Å². The average molecular weight is 289 g/mol. The van der Waals surface area contributed by atoms with Crippen molar-refractivity contribution in [3.63, 3.8) is 0 Å². The zero-order valence-corrected chi connectivity index (χ0v) is 11.1. The quantitative estimate of drug-likeness (QED) is 0.792. The molecular weight excluding hydrogens is 275 g/mol. The molecule has 2 nitrogen and oxygen atoms in total. The van der Waals surface area contributed by atoms with Crippen molar-refractivity contribution in [3.8, 4) is 0 Å². The van der Waals surface area contributed by atoms with Gasteiger partial charge in [0.25, 0.3) is 0 Å². The van der Waals surface area contributed by atoms with Gasteiger partial charge in [-0.1, -0.05) is 22.9 Å². The first-order valence-corrected chi connectivity index (χ1v) is 5.79. The number of halogens is 2. The van der Waals surface area contributed by atoms with Gasteiger partial charge in [0, 0.05) is 11.6 Å². The molecular formula is C12H14BrFO2. The van der Waals surface area contributed by atoms with Crippen LogP contribution >= 0.6 is 15.9 Å². The summed E-state index contributed by atoms with van der Waals surface area (Å²) >= 11 is 3.22. The topological polar surface area (TPSA) is 26.3 Å². The number of hydrogen-bond donors (Lipinski definition) is 0. The second kappa shape index (κ2) is 5.06. The van der Waals surface area contributed by atoms with Gasteiger partial charge in [-0.25, -0.2) is 4.39 Å². The van der Waals surface area contributed by atoms with E-state index in [9.17, 15) is 9.18 Å². The molecule has 0 bridgehead atoms. The third-order valence-electron chi connectivity index (χ3n) is 2.78. The highest BCUT2D eigenvalue weighted by atomic mass is 79.9. The molecule has 0 aliphatic carbocycles. The number of carbonyl (C=O) groups excluding carboxylic acids is 1. The van der Waals surface area contributed by atoms with E-state index in [4.69, 9.17) is 4.74 Å². The van der Waals surface area contributed by atoms with Gasteiger partial charge >= 0.3 is 0 Å². The second-order valence-electron chi connectivity index (χ2n) is 3.74. The number of ketones is 1. The highest BCUT2D eigenvalue weighted by Gasteiger charge is 2.33. The van der Waals surface area contributed by atoms with Crippen molar-refractivity contribution in [3.05, 3.63) is 34.1 Å². The van der Waals surface area contributed by atoms with Crippen molar-refractivity contribution in [1.29, 1.82) is 0 Å². The molecule has 0 aliphatic rings. The van der Waals surface area contributed by atoms with E-state index in [1.54, 1.807) is 13.0 Å². The number of methoxy groups -OCH3 is 1. The number of rotatable bonds is 4. The van der Waals surface area contributed by atoms with Crippen LogP contribution in [0.25, 0.3) is 0 Å². The molecule has 0 aliphatic heterocycles. The van der Waals surface area contributed by atoms with Gasteiger partial charge in [-0.3, -0.25) is 4.79 Å². The fraction of sp³-hybridized carbons (Fsp3) is 0.417. The molecule has 0 amide bonds. The molecule has 0 aromatic heterocycles. The van der Waals surface area contributed by atoms with Gasteiger partial charge in [-0.15, -0.1) is 0 Å². The van der Waals surface area contributed by atoms with Crippen LogP contribution in [-0.2, 0) is 4.74 Å². The molecule has 1 aromatic rings. The zero-order valence-electron chi connectivity index (χ0n) is 9.51. The molecule has 1 rings (SSSR count). The lowest BCUT2D eigenvalue weighted by molar-refractivity contribution is 0.0102. The van der Waals surface area contributed by atoms with Gasteiger partial charge in [0.1, 0.15) is 11.4 Å². The number of benzene rings is 1. The van der Waals surface area contributed by atoms with E-state index >= 15 is 0 Å². The highest BCUT2D eigenvalue weighted by molar-refractivity contribution is 9.10.